The maximum Gasteiger partial charge on any atom is 0.323 e. The van der Waals surface area contributed by atoms with Crippen LogP contribution in [0.4, 0.5) is 0 Å². The minimum Gasteiger partial charge on any atom is -0.480 e. The van der Waals surface area contributed by atoms with E-state index >= 15 is 0 Å². The van der Waals surface area contributed by atoms with Crippen molar-refractivity contribution in [2.45, 2.75) is 46.1 Å². The number of carboxylic acids is 1. The summed E-state index contributed by atoms with van der Waals surface area (Å²) in [6.07, 6.45) is 2.18. The Bertz CT molecular complexity index is 743. The quantitative estimate of drug-likeness (QED) is 0.718. The number of nitrogens with zero attached hydrogens (tertiary/aromatic N) is 2. The Morgan fingerprint density at radius 3 is 2.38 bits per heavy atom. The van der Waals surface area contributed by atoms with Crippen LogP contribution >= 0.6 is 0 Å². The minimum atomic E-state index is -1.10. The molecule has 1 aromatic carbocycles. The Morgan fingerprint density at radius 1 is 1.15 bits per heavy atom. The highest BCUT2D eigenvalue weighted by Crippen LogP contribution is 2.25. The Hall–Kier alpha value is -2.70. The van der Waals surface area contributed by atoms with Crippen LogP contribution in [0.2, 0.25) is 0 Å². The van der Waals surface area contributed by atoms with Gasteiger partial charge in [-0.25, -0.2) is 0 Å². The van der Waals surface area contributed by atoms with Gasteiger partial charge < -0.3 is 10.0 Å². The summed E-state index contributed by atoms with van der Waals surface area (Å²) in [6, 6.07) is 4.10. The fourth-order valence-electron chi connectivity index (χ4n) is 2.90. The molecule has 1 N–H and O–H groups in total. The lowest BCUT2D eigenvalue weighted by molar-refractivity contribution is -0.138. The zero-order valence-electron chi connectivity index (χ0n) is 15.3. The summed E-state index contributed by atoms with van der Waals surface area (Å²) in [5.74, 6) is -2.31. The first-order valence-corrected chi connectivity index (χ1v) is 8.84. The van der Waals surface area contributed by atoms with E-state index in [2.05, 4.69) is 0 Å². The smallest absolute Gasteiger partial charge is 0.323 e. The fraction of sp³-hybridized carbons (Fsp3) is 0.474. The number of hydrogen-bond donors (Lipinski definition) is 1. The highest BCUT2D eigenvalue weighted by atomic mass is 16.4. The van der Waals surface area contributed by atoms with Crippen LogP contribution in [-0.2, 0) is 4.79 Å². The van der Waals surface area contributed by atoms with Crippen LogP contribution in [0.15, 0.2) is 18.2 Å². The molecule has 0 saturated heterocycles. The first kappa shape index (κ1) is 19.6. The molecule has 0 fully saturated rings. The molecule has 1 aromatic rings. The van der Waals surface area contributed by atoms with E-state index in [1.165, 1.54) is 28.0 Å². The van der Waals surface area contributed by atoms with Gasteiger partial charge in [-0.2, -0.15) is 0 Å². The average molecular weight is 360 g/mol. The van der Waals surface area contributed by atoms with E-state index in [1.807, 2.05) is 13.8 Å². The van der Waals surface area contributed by atoms with Gasteiger partial charge in [0.1, 0.15) is 6.54 Å². The Morgan fingerprint density at radius 2 is 1.81 bits per heavy atom. The van der Waals surface area contributed by atoms with Gasteiger partial charge in [0, 0.05) is 18.2 Å². The van der Waals surface area contributed by atoms with Crippen LogP contribution in [0, 0.1) is 0 Å². The molecule has 3 amide bonds. The topological polar surface area (TPSA) is 95.0 Å². The monoisotopic (exact) mass is 360 g/mol. The molecule has 1 aliphatic heterocycles. The summed E-state index contributed by atoms with van der Waals surface area (Å²) in [5.41, 5.74) is 0.705. The molecule has 7 heteroatoms. The number of rotatable bonds is 8. The first-order chi connectivity index (χ1) is 12.3. The third-order valence-corrected chi connectivity index (χ3v) is 4.64. The molecule has 1 unspecified atom stereocenters. The minimum absolute atomic E-state index is 0.205. The third kappa shape index (κ3) is 3.76. The zero-order valence-corrected chi connectivity index (χ0v) is 15.3. The van der Waals surface area contributed by atoms with Gasteiger partial charge in [0.15, 0.2) is 0 Å². The van der Waals surface area contributed by atoms with Crippen LogP contribution in [0.25, 0.3) is 0 Å². The largest absolute Gasteiger partial charge is 0.480 e. The summed E-state index contributed by atoms with van der Waals surface area (Å²) < 4.78 is 0. The number of amides is 3. The van der Waals surface area contributed by atoms with E-state index in [4.69, 9.17) is 5.11 Å². The lowest BCUT2D eigenvalue weighted by atomic mass is 10.0. The van der Waals surface area contributed by atoms with E-state index in [9.17, 15) is 19.2 Å². The molecule has 1 aliphatic rings. The molecule has 0 aromatic heterocycles. The second-order valence-electron chi connectivity index (χ2n) is 6.46. The zero-order chi connectivity index (χ0) is 19.4. The van der Waals surface area contributed by atoms with Crippen molar-refractivity contribution in [1.82, 2.24) is 9.80 Å². The number of carbonyl (C=O) groups excluding carboxylic acids is 3. The normalized spacial score (nSPS) is 14.3. The summed E-state index contributed by atoms with van der Waals surface area (Å²) in [4.78, 5) is 51.2. The summed E-state index contributed by atoms with van der Waals surface area (Å²) in [5, 5.41) is 9.07. The van der Waals surface area contributed by atoms with Gasteiger partial charge in [-0.15, -0.1) is 0 Å². The van der Waals surface area contributed by atoms with Crippen LogP contribution in [0.3, 0.4) is 0 Å². The molecule has 0 radical (unpaired) electrons. The first-order valence-electron chi connectivity index (χ1n) is 8.84. The maximum atomic E-state index is 12.8. The fourth-order valence-corrected chi connectivity index (χ4v) is 2.90. The van der Waals surface area contributed by atoms with Crippen LogP contribution in [0.1, 0.15) is 71.1 Å². The number of unbranched alkanes of at least 4 members (excludes halogenated alkanes) is 1. The second kappa shape index (κ2) is 8.12. The van der Waals surface area contributed by atoms with E-state index in [-0.39, 0.29) is 28.6 Å². The molecule has 1 atom stereocenters. The number of carbonyl (C=O) groups is 4. The van der Waals surface area contributed by atoms with Crippen molar-refractivity contribution < 1.29 is 24.3 Å². The molecule has 0 spiro atoms. The van der Waals surface area contributed by atoms with Crippen molar-refractivity contribution >= 4 is 23.7 Å². The maximum absolute atomic E-state index is 12.8. The number of carboxylic acid groups (broad SMARTS) is 1. The van der Waals surface area contributed by atoms with Gasteiger partial charge in [0.25, 0.3) is 17.7 Å². The van der Waals surface area contributed by atoms with Gasteiger partial charge in [0.05, 0.1) is 11.1 Å². The molecule has 7 nitrogen and oxygen atoms in total. The number of benzene rings is 1. The standard InChI is InChI=1S/C19H24N2O5/c1-4-6-9-20-18(25)14-8-7-13(10-15(14)19(20)26)17(24)21(11-16(22)23)12(3)5-2/h7-8,10,12H,4-6,9,11H2,1-3H3,(H,22,23). The van der Waals surface area contributed by atoms with Crippen molar-refractivity contribution in [3.63, 3.8) is 0 Å². The van der Waals surface area contributed by atoms with Crippen molar-refractivity contribution in [1.29, 1.82) is 0 Å². The Labute approximate surface area is 152 Å². The highest BCUT2D eigenvalue weighted by Gasteiger charge is 2.36. The summed E-state index contributed by atoms with van der Waals surface area (Å²) in [7, 11) is 0. The van der Waals surface area contributed by atoms with Crippen LogP contribution < -0.4 is 0 Å². The molecule has 0 aliphatic carbocycles. The predicted octanol–water partition coefficient (Wildman–Crippen LogP) is 2.41. The lowest BCUT2D eigenvalue weighted by Crippen LogP contribution is -2.41. The van der Waals surface area contributed by atoms with Crippen molar-refractivity contribution in [3.8, 4) is 0 Å². The van der Waals surface area contributed by atoms with Gasteiger partial charge in [-0.1, -0.05) is 20.3 Å². The molecule has 140 valence electrons. The number of aliphatic carboxylic acids is 1. The van der Waals surface area contributed by atoms with E-state index in [0.717, 1.165) is 12.8 Å². The molecule has 2 rings (SSSR count). The van der Waals surface area contributed by atoms with Crippen molar-refractivity contribution in [3.05, 3.63) is 34.9 Å². The van der Waals surface area contributed by atoms with Gasteiger partial charge in [0.2, 0.25) is 0 Å². The number of hydrogen-bond acceptors (Lipinski definition) is 4. The third-order valence-electron chi connectivity index (χ3n) is 4.64. The van der Waals surface area contributed by atoms with Crippen molar-refractivity contribution in [2.24, 2.45) is 0 Å². The Kier molecular flexibility index (Phi) is 6.13. The molecule has 1 heterocycles. The van der Waals surface area contributed by atoms with E-state index in [0.29, 0.717) is 13.0 Å². The Balaban J connectivity index is 2.33. The molecule has 0 bridgehead atoms. The highest BCUT2D eigenvalue weighted by molar-refractivity contribution is 6.22. The van der Waals surface area contributed by atoms with Gasteiger partial charge in [-0.3, -0.25) is 24.1 Å². The number of fused-ring (bicyclic) bond motifs is 1. The molecular formula is C19H24N2O5. The average Bonchev–Trinajstić information content (AvgIpc) is 2.86. The van der Waals surface area contributed by atoms with Crippen LogP contribution in [0.5, 0.6) is 0 Å². The summed E-state index contributed by atoms with van der Waals surface area (Å²) >= 11 is 0. The van der Waals surface area contributed by atoms with E-state index in [1.54, 1.807) is 6.92 Å². The van der Waals surface area contributed by atoms with Gasteiger partial charge >= 0.3 is 5.97 Å². The van der Waals surface area contributed by atoms with Gasteiger partial charge in [-0.05, 0) is 38.0 Å². The molecule has 0 saturated carbocycles. The lowest BCUT2D eigenvalue weighted by Gasteiger charge is -2.27. The molecule has 26 heavy (non-hydrogen) atoms. The SMILES string of the molecule is CCCCN1C(=O)c2ccc(C(=O)N(CC(=O)O)C(C)CC)cc2C1=O. The predicted molar refractivity (Wildman–Crippen MR) is 95.1 cm³/mol. The summed E-state index contributed by atoms with van der Waals surface area (Å²) in [6.45, 7) is 5.55. The van der Waals surface area contributed by atoms with Crippen LogP contribution in [-0.4, -0.2) is 57.7 Å². The molecular weight excluding hydrogens is 336 g/mol. The van der Waals surface area contributed by atoms with Crippen molar-refractivity contribution in [2.75, 3.05) is 13.1 Å². The van der Waals surface area contributed by atoms with E-state index < -0.39 is 24.3 Å². The second-order valence-corrected chi connectivity index (χ2v) is 6.46. The number of imide groups is 1.